The Morgan fingerprint density at radius 2 is 1.81 bits per heavy atom. The summed E-state index contributed by atoms with van der Waals surface area (Å²) in [6, 6.07) is 5.65. The summed E-state index contributed by atoms with van der Waals surface area (Å²) >= 11 is 0. The Kier molecular flexibility index (Phi) is 4.02. The number of rotatable bonds is 6. The average molecular weight is 312 g/mol. The standard InChI is InChI=1S/C13H16N2O5S/c1-9(16)15-10-2-4-11(5-3-10)21(19,20)14-8-13(6-7-13)12(17)18/h2-5,14H,6-8H2,1H3,(H,15,16)(H,17,18). The van der Waals surface area contributed by atoms with Gasteiger partial charge in [-0.05, 0) is 37.1 Å². The van der Waals surface area contributed by atoms with Crippen molar-refractivity contribution in [1.29, 1.82) is 0 Å². The normalized spacial score (nSPS) is 16.2. The highest BCUT2D eigenvalue weighted by Gasteiger charge is 2.50. The van der Waals surface area contributed by atoms with Crippen molar-refractivity contribution in [3.8, 4) is 0 Å². The minimum Gasteiger partial charge on any atom is -0.481 e. The van der Waals surface area contributed by atoms with Gasteiger partial charge in [0.05, 0.1) is 10.3 Å². The summed E-state index contributed by atoms with van der Waals surface area (Å²) in [7, 11) is -3.76. The zero-order chi connectivity index (χ0) is 15.7. The van der Waals surface area contributed by atoms with Crippen molar-refractivity contribution < 1.29 is 23.1 Å². The first-order valence-corrected chi connectivity index (χ1v) is 7.84. The van der Waals surface area contributed by atoms with Crippen LogP contribution >= 0.6 is 0 Å². The monoisotopic (exact) mass is 312 g/mol. The number of benzene rings is 1. The van der Waals surface area contributed by atoms with Crippen molar-refractivity contribution in [1.82, 2.24) is 4.72 Å². The number of carboxylic acids is 1. The summed E-state index contributed by atoms with van der Waals surface area (Å²) in [5.74, 6) is -1.23. The van der Waals surface area contributed by atoms with Gasteiger partial charge in [0.15, 0.2) is 0 Å². The van der Waals surface area contributed by atoms with Gasteiger partial charge >= 0.3 is 5.97 Å². The quantitative estimate of drug-likeness (QED) is 0.719. The molecule has 0 bridgehead atoms. The molecule has 1 aromatic carbocycles. The number of hydrogen-bond donors (Lipinski definition) is 3. The van der Waals surface area contributed by atoms with Gasteiger partial charge in [-0.25, -0.2) is 13.1 Å². The van der Waals surface area contributed by atoms with E-state index in [0.717, 1.165) is 0 Å². The number of sulfonamides is 1. The second-order valence-corrected chi connectivity index (χ2v) is 6.88. The van der Waals surface area contributed by atoms with Crippen LogP contribution in [0.3, 0.4) is 0 Å². The molecule has 2 rings (SSSR count). The van der Waals surface area contributed by atoms with Crippen LogP contribution in [0, 0.1) is 5.41 Å². The average Bonchev–Trinajstić information content (AvgIpc) is 3.18. The van der Waals surface area contributed by atoms with Crippen LogP contribution in [0.4, 0.5) is 5.69 Å². The van der Waals surface area contributed by atoms with E-state index < -0.39 is 21.4 Å². The molecule has 0 saturated heterocycles. The number of carbonyl (C=O) groups excluding carboxylic acids is 1. The largest absolute Gasteiger partial charge is 0.481 e. The maximum Gasteiger partial charge on any atom is 0.310 e. The molecule has 8 heteroatoms. The Balaban J connectivity index is 2.06. The maximum absolute atomic E-state index is 12.1. The smallest absolute Gasteiger partial charge is 0.310 e. The Labute approximate surface area is 122 Å². The van der Waals surface area contributed by atoms with Crippen LogP contribution < -0.4 is 10.0 Å². The first kappa shape index (κ1) is 15.5. The Morgan fingerprint density at radius 1 is 1.24 bits per heavy atom. The highest BCUT2D eigenvalue weighted by molar-refractivity contribution is 7.89. The summed E-state index contributed by atoms with van der Waals surface area (Å²) in [6.07, 6.45) is 0.957. The van der Waals surface area contributed by atoms with Crippen LogP contribution in [0.2, 0.25) is 0 Å². The number of anilines is 1. The molecule has 1 amide bonds. The molecule has 1 aliphatic rings. The second-order valence-electron chi connectivity index (χ2n) is 5.12. The highest BCUT2D eigenvalue weighted by atomic mass is 32.2. The molecule has 0 heterocycles. The van der Waals surface area contributed by atoms with Gasteiger partial charge in [0.1, 0.15) is 0 Å². The molecule has 0 aliphatic heterocycles. The fraction of sp³-hybridized carbons (Fsp3) is 0.385. The molecule has 1 aliphatic carbocycles. The third-order valence-corrected chi connectivity index (χ3v) is 4.81. The molecule has 1 aromatic rings. The Bertz CT molecular complexity index is 662. The lowest BCUT2D eigenvalue weighted by atomic mass is 10.1. The number of carboxylic acid groups (broad SMARTS) is 1. The number of amides is 1. The maximum atomic E-state index is 12.1. The van der Waals surface area contributed by atoms with E-state index in [-0.39, 0.29) is 17.3 Å². The van der Waals surface area contributed by atoms with Gasteiger partial charge in [0.25, 0.3) is 0 Å². The molecular formula is C13H16N2O5S. The lowest BCUT2D eigenvalue weighted by molar-refractivity contribution is -0.143. The summed E-state index contributed by atoms with van der Waals surface area (Å²) in [5.41, 5.74) is -0.464. The molecule has 3 N–H and O–H groups in total. The predicted octanol–water partition coefficient (Wildman–Crippen LogP) is 0.788. The predicted molar refractivity (Wildman–Crippen MR) is 75.2 cm³/mol. The molecule has 0 radical (unpaired) electrons. The Hall–Kier alpha value is -1.93. The topological polar surface area (TPSA) is 113 Å². The van der Waals surface area contributed by atoms with Crippen molar-refractivity contribution in [3.05, 3.63) is 24.3 Å². The van der Waals surface area contributed by atoms with Crippen molar-refractivity contribution in [3.63, 3.8) is 0 Å². The molecule has 0 spiro atoms. The lowest BCUT2D eigenvalue weighted by Gasteiger charge is -2.12. The molecule has 7 nitrogen and oxygen atoms in total. The van der Waals surface area contributed by atoms with E-state index in [1.165, 1.54) is 31.2 Å². The van der Waals surface area contributed by atoms with Gasteiger partial charge in [-0.1, -0.05) is 0 Å². The van der Waals surface area contributed by atoms with Crippen LogP contribution in [-0.4, -0.2) is 31.9 Å². The van der Waals surface area contributed by atoms with Crippen molar-refractivity contribution >= 4 is 27.6 Å². The van der Waals surface area contributed by atoms with Gasteiger partial charge in [-0.3, -0.25) is 9.59 Å². The van der Waals surface area contributed by atoms with E-state index >= 15 is 0 Å². The van der Waals surface area contributed by atoms with E-state index in [1.54, 1.807) is 0 Å². The van der Waals surface area contributed by atoms with Crippen LogP contribution in [0.15, 0.2) is 29.2 Å². The van der Waals surface area contributed by atoms with E-state index in [9.17, 15) is 18.0 Å². The van der Waals surface area contributed by atoms with Gasteiger partial charge < -0.3 is 10.4 Å². The molecule has 114 valence electrons. The molecule has 0 unspecified atom stereocenters. The minimum atomic E-state index is -3.76. The van der Waals surface area contributed by atoms with Crippen LogP contribution in [0.5, 0.6) is 0 Å². The highest BCUT2D eigenvalue weighted by Crippen LogP contribution is 2.45. The van der Waals surface area contributed by atoms with Gasteiger partial charge in [-0.15, -0.1) is 0 Å². The third-order valence-electron chi connectivity index (χ3n) is 3.39. The van der Waals surface area contributed by atoms with Gasteiger partial charge in [0, 0.05) is 19.2 Å². The fourth-order valence-electron chi connectivity index (χ4n) is 1.85. The molecule has 0 atom stereocenters. The van der Waals surface area contributed by atoms with E-state index in [0.29, 0.717) is 18.5 Å². The molecular weight excluding hydrogens is 296 g/mol. The summed E-state index contributed by atoms with van der Waals surface area (Å²) in [5, 5.41) is 11.5. The van der Waals surface area contributed by atoms with Crippen LogP contribution in [0.25, 0.3) is 0 Å². The third kappa shape index (κ3) is 3.59. The number of carbonyl (C=O) groups is 2. The van der Waals surface area contributed by atoms with Crippen molar-refractivity contribution in [2.24, 2.45) is 5.41 Å². The fourth-order valence-corrected chi connectivity index (χ4v) is 2.98. The molecule has 0 aromatic heterocycles. The van der Waals surface area contributed by atoms with E-state index in [4.69, 9.17) is 5.11 Å². The van der Waals surface area contributed by atoms with Gasteiger partial charge in [0.2, 0.25) is 15.9 Å². The molecule has 1 saturated carbocycles. The van der Waals surface area contributed by atoms with Crippen molar-refractivity contribution in [2.45, 2.75) is 24.7 Å². The number of aliphatic carboxylic acids is 1. The lowest BCUT2D eigenvalue weighted by Crippen LogP contribution is -2.34. The van der Waals surface area contributed by atoms with E-state index in [2.05, 4.69) is 10.0 Å². The summed E-state index contributed by atoms with van der Waals surface area (Å²) in [6.45, 7) is 1.24. The Morgan fingerprint density at radius 3 is 2.24 bits per heavy atom. The van der Waals surface area contributed by atoms with Crippen molar-refractivity contribution in [2.75, 3.05) is 11.9 Å². The SMILES string of the molecule is CC(=O)Nc1ccc(S(=O)(=O)NCC2(C(=O)O)CC2)cc1. The number of hydrogen-bond acceptors (Lipinski definition) is 4. The van der Waals surface area contributed by atoms with Gasteiger partial charge in [-0.2, -0.15) is 0 Å². The molecule has 1 fully saturated rings. The number of nitrogens with one attached hydrogen (secondary N) is 2. The first-order chi connectivity index (χ1) is 9.75. The second kappa shape index (κ2) is 5.45. The van der Waals surface area contributed by atoms with E-state index in [1.807, 2.05) is 0 Å². The first-order valence-electron chi connectivity index (χ1n) is 6.36. The summed E-state index contributed by atoms with van der Waals surface area (Å²) < 4.78 is 26.5. The summed E-state index contributed by atoms with van der Waals surface area (Å²) in [4.78, 5) is 21.9. The van der Waals surface area contributed by atoms with Crippen LogP contribution in [-0.2, 0) is 19.6 Å². The zero-order valence-electron chi connectivity index (χ0n) is 11.4. The zero-order valence-corrected chi connectivity index (χ0v) is 12.2. The minimum absolute atomic E-state index is 0.0257. The van der Waals surface area contributed by atoms with Crippen LogP contribution in [0.1, 0.15) is 19.8 Å². The molecule has 21 heavy (non-hydrogen) atoms.